The van der Waals surface area contributed by atoms with E-state index in [0.29, 0.717) is 5.56 Å². The Morgan fingerprint density at radius 1 is 1.19 bits per heavy atom. The largest absolute Gasteiger partial charge is 0.276 e. The summed E-state index contributed by atoms with van der Waals surface area (Å²) in [4.78, 5) is 3.49. The molecule has 1 N–H and O–H groups in total. The highest BCUT2D eigenvalue weighted by molar-refractivity contribution is 7.92. The first-order valence-corrected chi connectivity index (χ1v) is 8.13. The van der Waals surface area contributed by atoms with Crippen LogP contribution in [-0.4, -0.2) is 13.4 Å². The molecular weight excluding hydrogens is 362 g/mol. The van der Waals surface area contributed by atoms with Crippen molar-refractivity contribution in [3.05, 3.63) is 51.0 Å². The Labute approximate surface area is 135 Å². The predicted octanol–water partition coefficient (Wildman–Crippen LogP) is 4.29. The zero-order valence-corrected chi connectivity index (χ0v) is 13.6. The van der Waals surface area contributed by atoms with Gasteiger partial charge in [-0.2, -0.15) is 0 Å². The summed E-state index contributed by atoms with van der Waals surface area (Å²) >= 11 is 17.4. The molecule has 0 spiro atoms. The average Bonchev–Trinajstić information content (AvgIpc) is 2.33. The van der Waals surface area contributed by atoms with Crippen molar-refractivity contribution in [1.82, 2.24) is 4.98 Å². The van der Waals surface area contributed by atoms with E-state index in [2.05, 4.69) is 9.71 Å². The minimum absolute atomic E-state index is 0.0847. The third kappa shape index (κ3) is 3.58. The highest BCUT2D eigenvalue weighted by Crippen LogP contribution is 2.30. The van der Waals surface area contributed by atoms with Gasteiger partial charge in [-0.05, 0) is 36.8 Å². The number of nitrogens with zero attached hydrogens (tertiary/aromatic N) is 1. The normalized spacial score (nSPS) is 11.5. The molecule has 0 amide bonds. The molecule has 21 heavy (non-hydrogen) atoms. The van der Waals surface area contributed by atoms with Crippen LogP contribution >= 0.6 is 34.8 Å². The fourth-order valence-electron chi connectivity index (χ4n) is 1.60. The maximum absolute atomic E-state index is 13.0. The van der Waals surface area contributed by atoms with E-state index in [1.54, 1.807) is 6.92 Å². The molecule has 2 rings (SSSR count). The molecule has 0 fully saturated rings. The highest BCUT2D eigenvalue weighted by atomic mass is 35.5. The highest BCUT2D eigenvalue weighted by Gasteiger charge is 2.21. The van der Waals surface area contributed by atoms with Gasteiger partial charge in [0.1, 0.15) is 15.9 Å². The van der Waals surface area contributed by atoms with Gasteiger partial charge in [0.2, 0.25) is 0 Å². The van der Waals surface area contributed by atoms with E-state index in [-0.39, 0.29) is 25.9 Å². The molecule has 0 aliphatic rings. The van der Waals surface area contributed by atoms with Gasteiger partial charge in [0.15, 0.2) is 5.15 Å². The fraction of sp³-hybridized carbons (Fsp3) is 0.0833. The molecular formula is C12H8Cl3FN2O2S. The number of halogens is 4. The number of hydrogen-bond acceptors (Lipinski definition) is 3. The summed E-state index contributed by atoms with van der Waals surface area (Å²) in [6.07, 6.45) is 0. The molecule has 1 heterocycles. The van der Waals surface area contributed by atoms with Crippen molar-refractivity contribution in [3.63, 3.8) is 0 Å². The van der Waals surface area contributed by atoms with Gasteiger partial charge in [0.05, 0.1) is 10.7 Å². The van der Waals surface area contributed by atoms with Crippen molar-refractivity contribution in [3.8, 4) is 0 Å². The van der Waals surface area contributed by atoms with E-state index >= 15 is 0 Å². The Bertz CT molecular complexity index is 789. The van der Waals surface area contributed by atoms with Crippen LogP contribution in [0.25, 0.3) is 0 Å². The molecule has 0 aliphatic carbocycles. The molecule has 9 heteroatoms. The van der Waals surface area contributed by atoms with Crippen LogP contribution in [0.15, 0.2) is 29.2 Å². The molecule has 4 nitrogen and oxygen atoms in total. The zero-order valence-electron chi connectivity index (χ0n) is 10.5. The average molecular weight is 370 g/mol. The van der Waals surface area contributed by atoms with Gasteiger partial charge >= 0.3 is 0 Å². The number of hydrogen-bond donors (Lipinski definition) is 1. The van der Waals surface area contributed by atoms with Gasteiger partial charge in [-0.25, -0.2) is 17.8 Å². The summed E-state index contributed by atoms with van der Waals surface area (Å²) in [5, 5.41) is -0.194. The third-order valence-corrected chi connectivity index (χ3v) is 4.86. The Morgan fingerprint density at radius 2 is 1.86 bits per heavy atom. The smallest absolute Gasteiger partial charge is 0.263 e. The topological polar surface area (TPSA) is 59.1 Å². The summed E-state index contributed by atoms with van der Waals surface area (Å²) in [7, 11) is -4.03. The van der Waals surface area contributed by atoms with E-state index in [4.69, 9.17) is 34.8 Å². The fourth-order valence-corrected chi connectivity index (χ4v) is 3.91. The second kappa shape index (κ2) is 5.96. The van der Waals surface area contributed by atoms with Crippen molar-refractivity contribution in [2.24, 2.45) is 0 Å². The summed E-state index contributed by atoms with van der Waals surface area (Å²) in [6.45, 7) is 1.61. The van der Waals surface area contributed by atoms with Gasteiger partial charge in [-0.3, -0.25) is 4.72 Å². The van der Waals surface area contributed by atoms with Gasteiger partial charge in [-0.15, -0.1) is 0 Å². The number of rotatable bonds is 3. The van der Waals surface area contributed by atoms with Crippen molar-refractivity contribution >= 4 is 50.5 Å². The first-order chi connectivity index (χ1) is 9.70. The second-order valence-corrected chi connectivity index (χ2v) is 6.91. The first-order valence-electron chi connectivity index (χ1n) is 5.51. The summed E-state index contributed by atoms with van der Waals surface area (Å²) in [5.41, 5.74) is 0.572. The second-order valence-electron chi connectivity index (χ2n) is 4.11. The number of aryl methyl sites for hydroxylation is 1. The van der Waals surface area contributed by atoms with E-state index in [9.17, 15) is 12.8 Å². The number of pyridine rings is 1. The van der Waals surface area contributed by atoms with Crippen molar-refractivity contribution in [2.45, 2.75) is 11.8 Å². The Morgan fingerprint density at radius 3 is 2.43 bits per heavy atom. The van der Waals surface area contributed by atoms with Crippen LogP contribution in [0.2, 0.25) is 15.3 Å². The SMILES string of the molecule is Cc1cc(Cl)nc(Cl)c1NS(=O)(=O)c1ccc(F)cc1Cl. The van der Waals surface area contributed by atoms with Crippen LogP contribution in [0.1, 0.15) is 5.56 Å². The van der Waals surface area contributed by atoms with E-state index < -0.39 is 15.8 Å². The lowest BCUT2D eigenvalue weighted by Gasteiger charge is -2.13. The molecule has 0 aliphatic heterocycles. The van der Waals surface area contributed by atoms with Crippen LogP contribution in [-0.2, 0) is 10.0 Å². The van der Waals surface area contributed by atoms with Crippen LogP contribution in [0.3, 0.4) is 0 Å². The Kier molecular flexibility index (Phi) is 4.63. The van der Waals surface area contributed by atoms with E-state index in [1.165, 1.54) is 6.07 Å². The molecule has 112 valence electrons. The van der Waals surface area contributed by atoms with Gasteiger partial charge in [0.25, 0.3) is 10.0 Å². The van der Waals surface area contributed by atoms with Gasteiger partial charge < -0.3 is 0 Å². The lowest BCUT2D eigenvalue weighted by Crippen LogP contribution is -2.15. The summed E-state index contributed by atoms with van der Waals surface area (Å²) in [5.74, 6) is -0.638. The lowest BCUT2D eigenvalue weighted by atomic mass is 10.3. The number of nitrogens with one attached hydrogen (secondary N) is 1. The maximum Gasteiger partial charge on any atom is 0.263 e. The molecule has 0 radical (unpaired) electrons. The molecule has 0 saturated carbocycles. The monoisotopic (exact) mass is 368 g/mol. The molecule has 0 bridgehead atoms. The van der Waals surface area contributed by atoms with Crippen LogP contribution in [0.5, 0.6) is 0 Å². The minimum atomic E-state index is -4.03. The predicted molar refractivity (Wildman–Crippen MR) is 81.2 cm³/mol. The van der Waals surface area contributed by atoms with Crippen molar-refractivity contribution < 1.29 is 12.8 Å². The molecule has 2 aromatic rings. The van der Waals surface area contributed by atoms with E-state index in [0.717, 1.165) is 18.2 Å². The van der Waals surface area contributed by atoms with Gasteiger partial charge in [-0.1, -0.05) is 34.8 Å². The van der Waals surface area contributed by atoms with Crippen molar-refractivity contribution in [2.75, 3.05) is 4.72 Å². The van der Waals surface area contributed by atoms with Gasteiger partial charge in [0, 0.05) is 0 Å². The molecule has 0 saturated heterocycles. The van der Waals surface area contributed by atoms with Crippen LogP contribution < -0.4 is 4.72 Å². The van der Waals surface area contributed by atoms with E-state index in [1.807, 2.05) is 0 Å². The Hall–Kier alpha value is -1.08. The number of aromatic nitrogens is 1. The third-order valence-electron chi connectivity index (χ3n) is 2.56. The maximum atomic E-state index is 13.0. The lowest BCUT2D eigenvalue weighted by molar-refractivity contribution is 0.599. The molecule has 0 unspecified atom stereocenters. The molecule has 1 aromatic heterocycles. The summed E-state index contributed by atoms with van der Waals surface area (Å²) in [6, 6.07) is 4.42. The molecule has 1 aromatic carbocycles. The standard InChI is InChI=1S/C12H8Cl3FN2O2S/c1-6-4-10(14)17-12(15)11(6)18-21(19,20)9-3-2-7(16)5-8(9)13/h2-5,18H,1H3. The van der Waals surface area contributed by atoms with Crippen molar-refractivity contribution in [1.29, 1.82) is 0 Å². The minimum Gasteiger partial charge on any atom is -0.276 e. The quantitative estimate of drug-likeness (QED) is 0.821. The zero-order chi connectivity index (χ0) is 15.8. The Balaban J connectivity index is 2.47. The summed E-state index contributed by atoms with van der Waals surface area (Å²) < 4.78 is 39.8. The number of sulfonamides is 1. The number of benzene rings is 1. The van der Waals surface area contributed by atoms with Crippen LogP contribution in [0, 0.1) is 12.7 Å². The number of anilines is 1. The first kappa shape index (κ1) is 16.3. The van der Waals surface area contributed by atoms with Crippen LogP contribution in [0.4, 0.5) is 10.1 Å². The molecule has 0 atom stereocenters.